The predicted octanol–water partition coefficient (Wildman–Crippen LogP) is 3.81. The number of nitrogens with one attached hydrogen (secondary N) is 2. The molecule has 2 atom stereocenters. The van der Waals surface area contributed by atoms with Gasteiger partial charge in [-0.1, -0.05) is 30.8 Å². The number of likely N-dealkylation sites (tertiary alicyclic amines) is 1. The van der Waals surface area contributed by atoms with Gasteiger partial charge in [0.25, 0.3) is 5.91 Å². The standard InChI is InChI=1S/C26H27FN4O3/c1-4-24(32)30-25-18-14-17(9-8-16(18)10-11-23(25)34-3)20-6-5-7-22(28-20)26(33)29-21-12-13-31(2)15-19(21)27/h4-11,14,19,21H,1,12-13,15H2,2-3H3,(H,29,33)(H,30,32)/t19?,21-/m0/s1. The van der Waals surface area contributed by atoms with E-state index in [0.717, 1.165) is 22.9 Å². The lowest BCUT2D eigenvalue weighted by Crippen LogP contribution is -2.51. The van der Waals surface area contributed by atoms with Crippen LogP contribution in [0.25, 0.3) is 22.0 Å². The number of alkyl halides is 1. The molecule has 3 aromatic rings. The molecule has 34 heavy (non-hydrogen) atoms. The highest BCUT2D eigenvalue weighted by Crippen LogP contribution is 2.35. The Morgan fingerprint density at radius 1 is 1.24 bits per heavy atom. The number of ether oxygens (including phenoxy) is 1. The van der Waals surface area contributed by atoms with Crippen LogP contribution in [0, 0.1) is 0 Å². The summed E-state index contributed by atoms with van der Waals surface area (Å²) in [5, 5.41) is 7.26. The van der Waals surface area contributed by atoms with Crippen molar-refractivity contribution in [3.8, 4) is 17.0 Å². The minimum absolute atomic E-state index is 0.217. The van der Waals surface area contributed by atoms with Crippen molar-refractivity contribution in [2.75, 3.05) is 32.6 Å². The third-order valence-corrected chi connectivity index (χ3v) is 5.98. The first-order valence-corrected chi connectivity index (χ1v) is 11.0. The van der Waals surface area contributed by atoms with Crippen LogP contribution >= 0.6 is 0 Å². The molecule has 4 rings (SSSR count). The number of benzene rings is 2. The molecule has 1 fully saturated rings. The summed E-state index contributed by atoms with van der Waals surface area (Å²) in [7, 11) is 3.40. The number of halogens is 1. The third-order valence-electron chi connectivity index (χ3n) is 5.98. The summed E-state index contributed by atoms with van der Waals surface area (Å²) in [6, 6.07) is 14.0. The summed E-state index contributed by atoms with van der Waals surface area (Å²) in [6.45, 7) is 4.53. The molecule has 2 N–H and O–H groups in total. The predicted molar refractivity (Wildman–Crippen MR) is 131 cm³/mol. The summed E-state index contributed by atoms with van der Waals surface area (Å²) in [6.07, 6.45) is 0.623. The van der Waals surface area contributed by atoms with Crippen LogP contribution in [-0.2, 0) is 4.79 Å². The van der Waals surface area contributed by atoms with Crippen molar-refractivity contribution in [2.45, 2.75) is 18.6 Å². The van der Waals surface area contributed by atoms with Gasteiger partial charge in [-0.3, -0.25) is 9.59 Å². The Kier molecular flexibility index (Phi) is 6.88. The van der Waals surface area contributed by atoms with Crippen LogP contribution in [-0.4, -0.2) is 61.2 Å². The van der Waals surface area contributed by atoms with E-state index in [9.17, 15) is 14.0 Å². The molecule has 7 nitrogen and oxygen atoms in total. The van der Waals surface area contributed by atoms with E-state index in [-0.39, 0.29) is 11.6 Å². The topological polar surface area (TPSA) is 83.6 Å². The number of hydrogen-bond acceptors (Lipinski definition) is 5. The van der Waals surface area contributed by atoms with Crippen LogP contribution < -0.4 is 15.4 Å². The fourth-order valence-corrected chi connectivity index (χ4v) is 4.12. The van der Waals surface area contributed by atoms with E-state index in [1.54, 1.807) is 24.3 Å². The highest BCUT2D eigenvalue weighted by Gasteiger charge is 2.29. The average molecular weight is 463 g/mol. The molecule has 0 aliphatic carbocycles. The average Bonchev–Trinajstić information content (AvgIpc) is 2.85. The maximum atomic E-state index is 14.4. The summed E-state index contributed by atoms with van der Waals surface area (Å²) < 4.78 is 19.8. The molecular formula is C26H27FN4O3. The van der Waals surface area contributed by atoms with Crippen LogP contribution in [0.5, 0.6) is 5.75 Å². The first kappa shape index (κ1) is 23.4. The van der Waals surface area contributed by atoms with Gasteiger partial charge in [-0.25, -0.2) is 9.37 Å². The molecule has 1 aromatic heterocycles. The summed E-state index contributed by atoms with van der Waals surface area (Å²) in [4.78, 5) is 31.2. The number of pyridine rings is 1. The van der Waals surface area contributed by atoms with Gasteiger partial charge in [0, 0.05) is 24.0 Å². The van der Waals surface area contributed by atoms with Gasteiger partial charge in [-0.15, -0.1) is 0 Å². The molecule has 1 saturated heterocycles. The molecule has 0 radical (unpaired) electrons. The zero-order valence-corrected chi connectivity index (χ0v) is 19.2. The van der Waals surface area contributed by atoms with Gasteiger partial charge in [-0.2, -0.15) is 0 Å². The lowest BCUT2D eigenvalue weighted by Gasteiger charge is -2.32. The Morgan fingerprint density at radius 3 is 2.76 bits per heavy atom. The monoisotopic (exact) mass is 462 g/mol. The van der Waals surface area contributed by atoms with E-state index in [4.69, 9.17) is 4.74 Å². The second-order valence-electron chi connectivity index (χ2n) is 8.33. The largest absolute Gasteiger partial charge is 0.495 e. The first-order valence-electron chi connectivity index (χ1n) is 11.0. The molecule has 0 saturated carbocycles. The molecule has 0 spiro atoms. The molecule has 8 heteroatoms. The highest BCUT2D eigenvalue weighted by molar-refractivity contribution is 6.08. The number of anilines is 1. The SMILES string of the molecule is C=CC(=O)Nc1c(OC)ccc2ccc(-c3cccc(C(=O)N[C@H]4CCN(C)CC4F)n3)cc12. The van der Waals surface area contributed by atoms with E-state index >= 15 is 0 Å². The van der Waals surface area contributed by atoms with Crippen molar-refractivity contribution in [1.29, 1.82) is 0 Å². The number of nitrogens with zero attached hydrogens (tertiary/aromatic N) is 2. The molecule has 2 heterocycles. The Hall–Kier alpha value is -3.78. The van der Waals surface area contributed by atoms with Crippen LogP contribution in [0.15, 0.2) is 61.2 Å². The van der Waals surface area contributed by atoms with Crippen LogP contribution in [0.4, 0.5) is 10.1 Å². The Labute approximate surface area is 197 Å². The Morgan fingerprint density at radius 2 is 2.03 bits per heavy atom. The second-order valence-corrected chi connectivity index (χ2v) is 8.33. The van der Waals surface area contributed by atoms with E-state index in [1.807, 2.05) is 36.2 Å². The summed E-state index contributed by atoms with van der Waals surface area (Å²) in [5.74, 6) is -0.242. The Bertz CT molecular complexity index is 1250. The van der Waals surface area contributed by atoms with Crippen LogP contribution in [0.2, 0.25) is 0 Å². The van der Waals surface area contributed by atoms with Crippen LogP contribution in [0.1, 0.15) is 16.9 Å². The third kappa shape index (κ3) is 4.92. The van der Waals surface area contributed by atoms with Crippen molar-refractivity contribution in [2.24, 2.45) is 0 Å². The van der Waals surface area contributed by atoms with Crippen molar-refractivity contribution >= 4 is 28.3 Å². The zero-order valence-electron chi connectivity index (χ0n) is 19.2. The maximum absolute atomic E-state index is 14.4. The molecule has 2 amide bonds. The van der Waals surface area contributed by atoms with Gasteiger partial charge >= 0.3 is 0 Å². The summed E-state index contributed by atoms with van der Waals surface area (Å²) >= 11 is 0. The summed E-state index contributed by atoms with van der Waals surface area (Å²) in [5.41, 5.74) is 2.08. The number of carbonyl (C=O) groups excluding carboxylic acids is 2. The molecular weight excluding hydrogens is 435 g/mol. The number of carbonyl (C=O) groups is 2. The number of methoxy groups -OCH3 is 1. The van der Waals surface area contributed by atoms with Crippen molar-refractivity contribution in [1.82, 2.24) is 15.2 Å². The second kappa shape index (κ2) is 10.0. The minimum atomic E-state index is -1.12. The lowest BCUT2D eigenvalue weighted by atomic mass is 10.0. The zero-order chi connectivity index (χ0) is 24.2. The number of piperidine rings is 1. The number of rotatable bonds is 6. The van der Waals surface area contributed by atoms with Gasteiger partial charge < -0.3 is 20.3 Å². The number of fused-ring (bicyclic) bond motifs is 1. The highest BCUT2D eigenvalue weighted by atomic mass is 19.1. The lowest BCUT2D eigenvalue weighted by molar-refractivity contribution is -0.111. The van der Waals surface area contributed by atoms with Gasteiger partial charge in [0.05, 0.1) is 24.5 Å². The molecule has 176 valence electrons. The van der Waals surface area contributed by atoms with Gasteiger partial charge in [0.15, 0.2) is 0 Å². The molecule has 1 unspecified atom stereocenters. The maximum Gasteiger partial charge on any atom is 0.270 e. The number of amides is 2. The van der Waals surface area contributed by atoms with E-state index in [2.05, 4.69) is 22.2 Å². The van der Waals surface area contributed by atoms with Crippen molar-refractivity contribution < 1.29 is 18.7 Å². The normalized spacial score (nSPS) is 18.3. The molecule has 2 aromatic carbocycles. The number of aromatic nitrogens is 1. The van der Waals surface area contributed by atoms with E-state index < -0.39 is 18.1 Å². The van der Waals surface area contributed by atoms with Crippen molar-refractivity contribution in [3.63, 3.8) is 0 Å². The fraction of sp³-hybridized carbons (Fsp3) is 0.269. The quantitative estimate of drug-likeness (QED) is 0.545. The Balaban J connectivity index is 1.65. The first-order chi connectivity index (χ1) is 16.4. The van der Waals surface area contributed by atoms with Crippen molar-refractivity contribution in [3.05, 3.63) is 66.9 Å². The molecule has 1 aliphatic heterocycles. The minimum Gasteiger partial charge on any atom is -0.495 e. The smallest absolute Gasteiger partial charge is 0.270 e. The molecule has 0 bridgehead atoms. The van der Waals surface area contributed by atoms with Gasteiger partial charge in [0.1, 0.15) is 17.6 Å². The number of hydrogen-bond donors (Lipinski definition) is 2. The van der Waals surface area contributed by atoms with E-state index in [0.29, 0.717) is 30.1 Å². The fourth-order valence-electron chi connectivity index (χ4n) is 4.12. The van der Waals surface area contributed by atoms with Crippen LogP contribution in [0.3, 0.4) is 0 Å². The molecule has 1 aliphatic rings. The van der Waals surface area contributed by atoms with Gasteiger partial charge in [-0.05, 0) is 49.2 Å². The van der Waals surface area contributed by atoms with E-state index in [1.165, 1.54) is 13.2 Å². The van der Waals surface area contributed by atoms with Gasteiger partial charge in [0.2, 0.25) is 5.91 Å².